The fourth-order valence-electron chi connectivity index (χ4n) is 1.93. The topological polar surface area (TPSA) is 49.4 Å². The van der Waals surface area contributed by atoms with Crippen molar-refractivity contribution < 1.29 is 9.59 Å². The Hall–Kier alpha value is -1.52. The van der Waals surface area contributed by atoms with Gasteiger partial charge in [0.1, 0.15) is 0 Å². The van der Waals surface area contributed by atoms with Crippen LogP contribution in [0.5, 0.6) is 0 Å². The second-order valence-corrected chi connectivity index (χ2v) is 5.33. The predicted octanol–water partition coefficient (Wildman–Crippen LogP) is 2.36. The molecule has 0 saturated carbocycles. The molecule has 6 heteroatoms. The Kier molecular flexibility index (Phi) is 5.04. The molecule has 1 saturated heterocycles. The van der Waals surface area contributed by atoms with Crippen LogP contribution in [0.1, 0.15) is 12.0 Å². The number of benzene rings is 1. The molecule has 1 N–H and O–H groups in total. The lowest BCUT2D eigenvalue weighted by atomic mass is 10.2. The first kappa shape index (κ1) is 14.9. The van der Waals surface area contributed by atoms with Crippen LogP contribution in [-0.4, -0.2) is 36.3 Å². The van der Waals surface area contributed by atoms with E-state index in [0.717, 1.165) is 5.56 Å². The van der Waals surface area contributed by atoms with E-state index in [4.69, 9.17) is 23.2 Å². The second kappa shape index (κ2) is 6.77. The lowest BCUT2D eigenvalue weighted by Crippen LogP contribution is -2.32. The summed E-state index contributed by atoms with van der Waals surface area (Å²) in [4.78, 5) is 24.9. The van der Waals surface area contributed by atoms with E-state index in [-0.39, 0.29) is 11.8 Å². The summed E-state index contributed by atoms with van der Waals surface area (Å²) in [5, 5.41) is 3.77. The molecular formula is C14H14Cl2N2O2. The van der Waals surface area contributed by atoms with Gasteiger partial charge in [-0.2, -0.15) is 0 Å². The zero-order chi connectivity index (χ0) is 14.5. The van der Waals surface area contributed by atoms with Gasteiger partial charge in [0, 0.05) is 42.2 Å². The minimum Gasteiger partial charge on any atom is -0.354 e. The van der Waals surface area contributed by atoms with Gasteiger partial charge in [-0.3, -0.25) is 9.59 Å². The summed E-state index contributed by atoms with van der Waals surface area (Å²) >= 11 is 11.8. The Bertz CT molecular complexity index is 538. The number of nitrogens with one attached hydrogen (secondary N) is 1. The summed E-state index contributed by atoms with van der Waals surface area (Å²) in [6.45, 7) is 1.44. The molecule has 0 radical (unpaired) electrons. The molecule has 0 unspecified atom stereocenters. The maximum Gasteiger partial charge on any atom is 0.246 e. The van der Waals surface area contributed by atoms with E-state index in [1.165, 1.54) is 6.08 Å². The van der Waals surface area contributed by atoms with Crippen LogP contribution in [0.2, 0.25) is 10.0 Å². The van der Waals surface area contributed by atoms with Crippen LogP contribution < -0.4 is 5.32 Å². The smallest absolute Gasteiger partial charge is 0.246 e. The average molecular weight is 313 g/mol. The van der Waals surface area contributed by atoms with Gasteiger partial charge in [-0.1, -0.05) is 23.2 Å². The number of hydrogen-bond acceptors (Lipinski definition) is 2. The van der Waals surface area contributed by atoms with E-state index in [1.54, 1.807) is 29.2 Å². The third-order valence-electron chi connectivity index (χ3n) is 2.93. The molecule has 0 aromatic heterocycles. The molecule has 0 aliphatic carbocycles. The van der Waals surface area contributed by atoms with Gasteiger partial charge in [-0.15, -0.1) is 0 Å². The van der Waals surface area contributed by atoms with Gasteiger partial charge in [0.05, 0.1) is 0 Å². The summed E-state index contributed by atoms with van der Waals surface area (Å²) in [5.41, 5.74) is 0.764. The molecule has 2 rings (SSSR count). The van der Waals surface area contributed by atoms with Crippen molar-refractivity contribution >= 4 is 41.1 Å². The highest BCUT2D eigenvalue weighted by molar-refractivity contribution is 6.34. The van der Waals surface area contributed by atoms with Gasteiger partial charge in [0.25, 0.3) is 0 Å². The maximum atomic E-state index is 12.0. The Morgan fingerprint density at radius 3 is 2.60 bits per heavy atom. The van der Waals surface area contributed by atoms with E-state index in [9.17, 15) is 9.59 Å². The zero-order valence-electron chi connectivity index (χ0n) is 10.7. The van der Waals surface area contributed by atoms with Crippen LogP contribution in [0.25, 0.3) is 6.08 Å². The summed E-state index contributed by atoms with van der Waals surface area (Å²) in [7, 11) is 0. The zero-order valence-corrected chi connectivity index (χ0v) is 12.2. The van der Waals surface area contributed by atoms with Crippen molar-refractivity contribution in [1.29, 1.82) is 0 Å². The van der Waals surface area contributed by atoms with Gasteiger partial charge in [0.15, 0.2) is 0 Å². The Balaban J connectivity index is 2.02. The molecule has 1 aliphatic rings. The number of carbonyl (C=O) groups is 2. The SMILES string of the molecule is O=C1CCN(C(=O)C=Cc2cc(Cl)cc(Cl)c2)CCN1. The minimum absolute atomic E-state index is 0.0223. The molecular weight excluding hydrogens is 299 g/mol. The second-order valence-electron chi connectivity index (χ2n) is 4.46. The van der Waals surface area contributed by atoms with E-state index in [2.05, 4.69) is 5.32 Å². The van der Waals surface area contributed by atoms with E-state index in [1.807, 2.05) is 0 Å². The van der Waals surface area contributed by atoms with Crippen molar-refractivity contribution in [3.8, 4) is 0 Å². The number of rotatable bonds is 2. The van der Waals surface area contributed by atoms with Crippen molar-refractivity contribution in [2.75, 3.05) is 19.6 Å². The normalized spacial score (nSPS) is 16.1. The van der Waals surface area contributed by atoms with Crippen molar-refractivity contribution in [3.05, 3.63) is 39.9 Å². The van der Waals surface area contributed by atoms with Gasteiger partial charge in [-0.05, 0) is 29.8 Å². The third kappa shape index (κ3) is 4.25. The van der Waals surface area contributed by atoms with Crippen LogP contribution in [0.4, 0.5) is 0 Å². The van der Waals surface area contributed by atoms with E-state index < -0.39 is 0 Å². The highest BCUT2D eigenvalue weighted by Gasteiger charge is 2.16. The summed E-state index contributed by atoms with van der Waals surface area (Å²) < 4.78 is 0. The van der Waals surface area contributed by atoms with Crippen LogP contribution in [0, 0.1) is 0 Å². The summed E-state index contributed by atoms with van der Waals surface area (Å²) in [6.07, 6.45) is 3.47. The Labute approximate surface area is 127 Å². The fraction of sp³-hybridized carbons (Fsp3) is 0.286. The number of amides is 2. The Morgan fingerprint density at radius 1 is 1.20 bits per heavy atom. The fourth-order valence-corrected chi connectivity index (χ4v) is 2.47. The molecule has 1 fully saturated rings. The number of halogens is 2. The monoisotopic (exact) mass is 312 g/mol. The molecule has 0 spiro atoms. The predicted molar refractivity (Wildman–Crippen MR) is 79.7 cm³/mol. The molecule has 4 nitrogen and oxygen atoms in total. The quantitative estimate of drug-likeness (QED) is 0.852. The van der Waals surface area contributed by atoms with Crippen molar-refractivity contribution in [2.24, 2.45) is 0 Å². The first-order valence-electron chi connectivity index (χ1n) is 6.24. The number of carbonyl (C=O) groups excluding carboxylic acids is 2. The molecule has 1 aromatic carbocycles. The van der Waals surface area contributed by atoms with Crippen molar-refractivity contribution in [3.63, 3.8) is 0 Å². The lowest BCUT2D eigenvalue weighted by molar-refractivity contribution is -0.125. The molecule has 20 heavy (non-hydrogen) atoms. The summed E-state index contributed by atoms with van der Waals surface area (Å²) in [6, 6.07) is 5.09. The summed E-state index contributed by atoms with van der Waals surface area (Å²) in [5.74, 6) is -0.150. The van der Waals surface area contributed by atoms with Gasteiger partial charge in [0.2, 0.25) is 11.8 Å². The molecule has 2 amide bonds. The standard InChI is InChI=1S/C14H14Cl2N2O2/c15-11-7-10(8-12(16)9-11)1-2-14(20)18-5-3-13(19)17-4-6-18/h1-2,7-9H,3-6H2,(H,17,19). The highest BCUT2D eigenvalue weighted by atomic mass is 35.5. The van der Waals surface area contributed by atoms with E-state index >= 15 is 0 Å². The van der Waals surface area contributed by atoms with Crippen LogP contribution in [-0.2, 0) is 9.59 Å². The largest absolute Gasteiger partial charge is 0.354 e. The van der Waals surface area contributed by atoms with E-state index in [0.29, 0.717) is 36.1 Å². The van der Waals surface area contributed by atoms with Crippen molar-refractivity contribution in [2.45, 2.75) is 6.42 Å². The molecule has 1 heterocycles. The first-order valence-corrected chi connectivity index (χ1v) is 7.00. The number of hydrogen-bond donors (Lipinski definition) is 1. The lowest BCUT2D eigenvalue weighted by Gasteiger charge is -2.17. The maximum absolute atomic E-state index is 12.0. The average Bonchev–Trinajstić information content (AvgIpc) is 2.60. The molecule has 106 valence electrons. The number of nitrogens with zero attached hydrogens (tertiary/aromatic N) is 1. The first-order chi connectivity index (χ1) is 9.54. The van der Waals surface area contributed by atoms with Crippen LogP contribution in [0.3, 0.4) is 0 Å². The van der Waals surface area contributed by atoms with Crippen LogP contribution in [0.15, 0.2) is 24.3 Å². The molecule has 1 aliphatic heterocycles. The third-order valence-corrected chi connectivity index (χ3v) is 3.36. The van der Waals surface area contributed by atoms with Crippen LogP contribution >= 0.6 is 23.2 Å². The van der Waals surface area contributed by atoms with Gasteiger partial charge >= 0.3 is 0 Å². The van der Waals surface area contributed by atoms with Gasteiger partial charge < -0.3 is 10.2 Å². The van der Waals surface area contributed by atoms with Gasteiger partial charge in [-0.25, -0.2) is 0 Å². The highest BCUT2D eigenvalue weighted by Crippen LogP contribution is 2.19. The van der Waals surface area contributed by atoms with Crippen molar-refractivity contribution in [1.82, 2.24) is 10.2 Å². The molecule has 0 bridgehead atoms. The molecule has 0 atom stereocenters. The minimum atomic E-state index is -0.127. The molecule has 1 aromatic rings. The Morgan fingerprint density at radius 2 is 1.90 bits per heavy atom.